The number of carbonyl (C=O) groups is 3. The molecule has 2 aliphatic heterocycles. The fourth-order valence-electron chi connectivity index (χ4n) is 5.88. The van der Waals surface area contributed by atoms with Crippen LogP contribution in [0.4, 0.5) is 0 Å². The van der Waals surface area contributed by atoms with Crippen LogP contribution in [-0.2, 0) is 38.1 Å². The first kappa shape index (κ1) is 45.5. The maximum Gasteiger partial charge on any atom is 0.316 e. The monoisotopic (exact) mass is 678 g/mol. The van der Waals surface area contributed by atoms with Crippen molar-refractivity contribution in [1.29, 1.82) is 0 Å². The summed E-state index contributed by atoms with van der Waals surface area (Å²) >= 11 is 0. The van der Waals surface area contributed by atoms with Gasteiger partial charge in [-0.1, -0.05) is 34.6 Å². The Morgan fingerprint density at radius 1 is 1.13 bits per heavy atom. The summed E-state index contributed by atoms with van der Waals surface area (Å²) in [4.78, 5) is 41.8. The van der Waals surface area contributed by atoms with Gasteiger partial charge in [-0.05, 0) is 67.5 Å². The predicted octanol–water partition coefficient (Wildman–Crippen LogP) is 3.10. The lowest BCUT2D eigenvalue weighted by Crippen LogP contribution is -2.58. The molecule has 2 aliphatic rings. The van der Waals surface area contributed by atoms with Crippen molar-refractivity contribution in [3.63, 3.8) is 0 Å². The highest BCUT2D eigenvalue weighted by Crippen LogP contribution is 2.34. The molecular formula is C34H66N2O11. The molecule has 278 valence electrons. The van der Waals surface area contributed by atoms with Gasteiger partial charge in [0.15, 0.2) is 17.9 Å². The number of hydrogen-bond donors (Lipinski definition) is 3. The van der Waals surface area contributed by atoms with Gasteiger partial charge in [-0.25, -0.2) is 0 Å². The summed E-state index contributed by atoms with van der Waals surface area (Å²) in [6.45, 7) is 17.5. The maximum absolute atomic E-state index is 13.9. The van der Waals surface area contributed by atoms with Crippen molar-refractivity contribution in [2.75, 3.05) is 54.1 Å². The first-order valence-corrected chi connectivity index (χ1v) is 16.9. The number of hydrogen-bond acceptors (Lipinski definition) is 13. The third-order valence-electron chi connectivity index (χ3n) is 8.43. The van der Waals surface area contributed by atoms with Gasteiger partial charge < -0.3 is 44.0 Å². The van der Waals surface area contributed by atoms with E-state index in [9.17, 15) is 24.7 Å². The van der Waals surface area contributed by atoms with Gasteiger partial charge in [0, 0.05) is 32.0 Å². The van der Waals surface area contributed by atoms with Crippen LogP contribution >= 0.6 is 0 Å². The van der Waals surface area contributed by atoms with Gasteiger partial charge in [-0.3, -0.25) is 14.4 Å². The Morgan fingerprint density at radius 2 is 1.72 bits per heavy atom. The SMILES string of the molecule is CC.CC[C@@H](OC(=O)C(C)C(=O)[C@H](C)[C@@H](OC1CC(N(C)C)CC(C)O1)[C@@]1(C)CN(O)CC(C)COCC(=O)CO1)C(C)(C)O.CO. The van der Waals surface area contributed by atoms with Gasteiger partial charge >= 0.3 is 5.97 Å². The van der Waals surface area contributed by atoms with E-state index in [1.165, 1.54) is 6.92 Å². The van der Waals surface area contributed by atoms with E-state index in [1.54, 1.807) is 34.6 Å². The zero-order chi connectivity index (χ0) is 36.7. The Kier molecular flexibility index (Phi) is 20.8. The lowest BCUT2D eigenvalue weighted by molar-refractivity contribution is -0.274. The van der Waals surface area contributed by atoms with Crippen LogP contribution < -0.4 is 0 Å². The van der Waals surface area contributed by atoms with E-state index in [2.05, 4.69) is 4.90 Å². The van der Waals surface area contributed by atoms with E-state index in [-0.39, 0.29) is 56.8 Å². The second-order valence-corrected chi connectivity index (χ2v) is 13.5. The second-order valence-electron chi connectivity index (χ2n) is 13.5. The molecule has 2 rings (SSSR count). The van der Waals surface area contributed by atoms with Crippen LogP contribution in [0.15, 0.2) is 0 Å². The topological polar surface area (TPSA) is 165 Å². The molecule has 0 aromatic rings. The molecule has 0 saturated carbocycles. The summed E-state index contributed by atoms with van der Waals surface area (Å²) in [6, 6.07) is 0.164. The quantitative estimate of drug-likeness (QED) is 0.216. The first-order chi connectivity index (χ1) is 21.9. The molecular weight excluding hydrogens is 612 g/mol. The van der Waals surface area contributed by atoms with E-state index in [4.69, 9.17) is 28.8 Å². The van der Waals surface area contributed by atoms with Gasteiger partial charge in [0.1, 0.15) is 36.9 Å². The summed E-state index contributed by atoms with van der Waals surface area (Å²) < 4.78 is 30.0. The van der Waals surface area contributed by atoms with E-state index < -0.39 is 53.3 Å². The largest absolute Gasteiger partial charge is 0.459 e. The minimum atomic E-state index is -1.37. The summed E-state index contributed by atoms with van der Waals surface area (Å²) in [5, 5.41) is 29.5. The van der Waals surface area contributed by atoms with E-state index in [0.29, 0.717) is 12.8 Å². The standard InChI is InChI=1S/C31H56N2O10.C2H6.CH4O/c1-11-25(30(6,7)37)42-29(36)22(5)27(35)21(4)28(43-26-13-23(32(9)10)12-20(3)41-26)31(8)18-33(38)14-19(2)15-39-16-24(34)17-40-31;2*1-2/h19-23,25-26,28,37-38H,11-18H2,1-10H3;1-2H3;2H,1H3/t19?,20?,21-,22?,23?,25+,26?,28+,31+;;/m0../s1. The van der Waals surface area contributed by atoms with Gasteiger partial charge in [0.25, 0.3) is 0 Å². The van der Waals surface area contributed by atoms with Crippen molar-refractivity contribution >= 4 is 17.5 Å². The van der Waals surface area contributed by atoms with Crippen LogP contribution in [0.1, 0.15) is 88.5 Å². The summed E-state index contributed by atoms with van der Waals surface area (Å²) in [5.74, 6) is -3.69. The maximum atomic E-state index is 13.9. The van der Waals surface area contributed by atoms with Gasteiger partial charge in [-0.15, -0.1) is 0 Å². The fourth-order valence-corrected chi connectivity index (χ4v) is 5.88. The smallest absolute Gasteiger partial charge is 0.316 e. The number of esters is 1. The van der Waals surface area contributed by atoms with Crippen LogP contribution in [0, 0.1) is 17.8 Å². The Morgan fingerprint density at radius 3 is 2.26 bits per heavy atom. The number of carbonyl (C=O) groups excluding carboxylic acids is 3. The molecule has 0 radical (unpaired) electrons. The van der Waals surface area contributed by atoms with Crippen molar-refractivity contribution in [2.45, 2.75) is 130 Å². The van der Waals surface area contributed by atoms with Gasteiger partial charge in [-0.2, -0.15) is 5.06 Å². The first-order valence-electron chi connectivity index (χ1n) is 16.9. The van der Waals surface area contributed by atoms with Crippen LogP contribution in [0.2, 0.25) is 0 Å². The highest BCUT2D eigenvalue weighted by molar-refractivity contribution is 6.00. The van der Waals surface area contributed by atoms with Crippen molar-refractivity contribution in [1.82, 2.24) is 9.96 Å². The second kappa shape index (κ2) is 21.5. The molecule has 2 saturated heterocycles. The minimum absolute atomic E-state index is 0.0816. The third-order valence-corrected chi connectivity index (χ3v) is 8.43. The Bertz CT molecular complexity index is 928. The van der Waals surface area contributed by atoms with E-state index in [1.807, 2.05) is 41.8 Å². The third kappa shape index (κ3) is 14.8. The normalized spacial score (nSPS) is 29.1. The predicted molar refractivity (Wildman–Crippen MR) is 178 cm³/mol. The zero-order valence-electron chi connectivity index (χ0n) is 31.3. The molecule has 47 heavy (non-hydrogen) atoms. The molecule has 2 fully saturated rings. The van der Waals surface area contributed by atoms with Crippen molar-refractivity contribution < 1.29 is 53.5 Å². The molecule has 3 N–H and O–H groups in total. The average Bonchev–Trinajstić information content (AvgIpc) is 3.02. The lowest BCUT2D eigenvalue weighted by Gasteiger charge is -2.45. The molecule has 9 atom stereocenters. The fraction of sp³-hybridized carbons (Fsp3) is 0.912. The summed E-state index contributed by atoms with van der Waals surface area (Å²) in [5.41, 5.74) is -2.65. The van der Waals surface area contributed by atoms with Crippen LogP contribution in [0.5, 0.6) is 0 Å². The number of hydroxylamine groups is 2. The molecule has 13 heteroatoms. The Labute approximate surface area is 283 Å². The van der Waals surface area contributed by atoms with Crippen LogP contribution in [0.25, 0.3) is 0 Å². The molecule has 5 unspecified atom stereocenters. The molecule has 0 aromatic heterocycles. The lowest BCUT2D eigenvalue weighted by atomic mass is 9.82. The number of ketones is 2. The Hall–Kier alpha value is -1.55. The molecule has 0 amide bonds. The molecule has 0 spiro atoms. The van der Waals surface area contributed by atoms with Crippen molar-refractivity contribution in [3.8, 4) is 0 Å². The molecule has 0 aromatic carbocycles. The van der Waals surface area contributed by atoms with E-state index >= 15 is 0 Å². The molecule has 0 bridgehead atoms. The summed E-state index contributed by atoms with van der Waals surface area (Å²) in [7, 11) is 4.97. The number of Topliss-reactive ketones (excluding diaryl/α,β-unsaturated/α-hetero) is 2. The molecule has 2 heterocycles. The Balaban J connectivity index is 0.00000508. The van der Waals surface area contributed by atoms with Gasteiger partial charge in [0.05, 0.1) is 24.9 Å². The number of aliphatic hydroxyl groups is 2. The average molecular weight is 679 g/mol. The molecule has 13 nitrogen and oxygen atoms in total. The summed E-state index contributed by atoms with van der Waals surface area (Å²) in [6.07, 6.45) is -0.937. The number of rotatable bonds is 11. The number of nitrogens with zero attached hydrogens (tertiary/aromatic N) is 2. The minimum Gasteiger partial charge on any atom is -0.459 e. The number of ether oxygens (including phenoxy) is 5. The van der Waals surface area contributed by atoms with Crippen LogP contribution in [0.3, 0.4) is 0 Å². The zero-order valence-corrected chi connectivity index (χ0v) is 31.3. The highest BCUT2D eigenvalue weighted by Gasteiger charge is 2.48. The molecule has 0 aliphatic carbocycles. The van der Waals surface area contributed by atoms with Crippen LogP contribution in [-0.4, -0.2) is 139 Å². The van der Waals surface area contributed by atoms with Crippen molar-refractivity contribution in [2.24, 2.45) is 17.8 Å². The van der Waals surface area contributed by atoms with Crippen molar-refractivity contribution in [3.05, 3.63) is 0 Å². The van der Waals surface area contributed by atoms with E-state index in [0.717, 1.165) is 18.6 Å². The highest BCUT2D eigenvalue weighted by atomic mass is 16.7. The van der Waals surface area contributed by atoms with Gasteiger partial charge in [0.2, 0.25) is 0 Å². The number of aliphatic hydroxyl groups excluding tert-OH is 1.